The monoisotopic (exact) mass is 248 g/mol. The zero-order valence-corrected chi connectivity index (χ0v) is 11.4. The lowest BCUT2D eigenvalue weighted by molar-refractivity contribution is -0.152. The molecule has 18 heavy (non-hydrogen) atoms. The third-order valence-corrected chi connectivity index (χ3v) is 4.77. The SMILES string of the molecule is CC1=CC(=O)C2(C(=O)C1=O)C(C)CCC2C(C)C. The van der Waals surface area contributed by atoms with E-state index in [-0.39, 0.29) is 29.1 Å². The summed E-state index contributed by atoms with van der Waals surface area (Å²) in [6.07, 6.45) is 3.10. The second-order valence-electron chi connectivity index (χ2n) is 6.05. The molecule has 0 bridgehead atoms. The molecule has 0 aromatic rings. The van der Waals surface area contributed by atoms with Gasteiger partial charge < -0.3 is 0 Å². The second kappa shape index (κ2) is 4.15. The first-order valence-electron chi connectivity index (χ1n) is 6.65. The van der Waals surface area contributed by atoms with E-state index >= 15 is 0 Å². The van der Waals surface area contributed by atoms with Crippen LogP contribution >= 0.6 is 0 Å². The topological polar surface area (TPSA) is 51.2 Å². The molecule has 0 aromatic heterocycles. The van der Waals surface area contributed by atoms with Gasteiger partial charge in [-0.3, -0.25) is 14.4 Å². The molecule has 0 aliphatic heterocycles. The van der Waals surface area contributed by atoms with Crippen LogP contribution in [0.5, 0.6) is 0 Å². The predicted molar refractivity (Wildman–Crippen MR) is 67.9 cm³/mol. The Labute approximate surface area is 108 Å². The molecule has 1 fully saturated rings. The molecule has 98 valence electrons. The van der Waals surface area contributed by atoms with Crippen molar-refractivity contribution >= 4 is 17.3 Å². The maximum Gasteiger partial charge on any atom is 0.225 e. The Morgan fingerprint density at radius 3 is 2.39 bits per heavy atom. The predicted octanol–water partition coefficient (Wildman–Crippen LogP) is 2.34. The molecule has 0 aromatic carbocycles. The van der Waals surface area contributed by atoms with Crippen LogP contribution in [-0.4, -0.2) is 17.3 Å². The van der Waals surface area contributed by atoms with Gasteiger partial charge >= 0.3 is 0 Å². The molecule has 1 spiro atoms. The molecule has 3 unspecified atom stereocenters. The molecule has 0 amide bonds. The van der Waals surface area contributed by atoms with Crippen LogP contribution in [0.4, 0.5) is 0 Å². The summed E-state index contributed by atoms with van der Waals surface area (Å²) in [5, 5.41) is 0. The summed E-state index contributed by atoms with van der Waals surface area (Å²) in [6.45, 7) is 7.54. The number of Topliss-reactive ketones (excluding diaryl/α,β-unsaturated/α-hetero) is 2. The van der Waals surface area contributed by atoms with E-state index in [0.29, 0.717) is 0 Å². The van der Waals surface area contributed by atoms with Crippen molar-refractivity contribution in [3.8, 4) is 0 Å². The minimum Gasteiger partial charge on any atom is -0.294 e. The van der Waals surface area contributed by atoms with Gasteiger partial charge in [-0.15, -0.1) is 0 Å². The fraction of sp³-hybridized carbons (Fsp3) is 0.667. The first-order valence-corrected chi connectivity index (χ1v) is 6.65. The lowest BCUT2D eigenvalue weighted by Gasteiger charge is -2.38. The summed E-state index contributed by atoms with van der Waals surface area (Å²) in [5.41, 5.74) is -0.776. The summed E-state index contributed by atoms with van der Waals surface area (Å²) in [7, 11) is 0. The Morgan fingerprint density at radius 2 is 1.83 bits per heavy atom. The highest BCUT2D eigenvalue weighted by Crippen LogP contribution is 2.54. The van der Waals surface area contributed by atoms with Crippen LogP contribution in [0.2, 0.25) is 0 Å². The highest BCUT2D eigenvalue weighted by Gasteiger charge is 2.61. The summed E-state index contributed by atoms with van der Waals surface area (Å²) in [5.74, 6) is -0.861. The van der Waals surface area contributed by atoms with E-state index in [9.17, 15) is 14.4 Å². The average molecular weight is 248 g/mol. The molecule has 0 radical (unpaired) electrons. The first kappa shape index (κ1) is 13.2. The van der Waals surface area contributed by atoms with Crippen LogP contribution in [0.1, 0.15) is 40.5 Å². The van der Waals surface area contributed by atoms with E-state index in [1.807, 2.05) is 20.8 Å². The zero-order valence-electron chi connectivity index (χ0n) is 11.4. The van der Waals surface area contributed by atoms with Crippen LogP contribution in [0.25, 0.3) is 0 Å². The maximum absolute atomic E-state index is 12.5. The Balaban J connectivity index is 2.61. The lowest BCUT2D eigenvalue weighted by atomic mass is 9.60. The van der Waals surface area contributed by atoms with Crippen molar-refractivity contribution in [3.63, 3.8) is 0 Å². The van der Waals surface area contributed by atoms with Crippen molar-refractivity contribution in [1.82, 2.24) is 0 Å². The molecule has 0 saturated heterocycles. The van der Waals surface area contributed by atoms with E-state index in [4.69, 9.17) is 0 Å². The fourth-order valence-corrected chi connectivity index (χ4v) is 3.79. The Hall–Kier alpha value is -1.25. The van der Waals surface area contributed by atoms with Gasteiger partial charge in [0.05, 0.1) is 0 Å². The highest BCUT2D eigenvalue weighted by molar-refractivity contribution is 6.51. The van der Waals surface area contributed by atoms with Crippen LogP contribution in [0.3, 0.4) is 0 Å². The molecule has 2 rings (SSSR count). The number of rotatable bonds is 1. The summed E-state index contributed by atoms with van der Waals surface area (Å²) in [6, 6.07) is 0. The highest BCUT2D eigenvalue weighted by atomic mass is 16.2. The molecule has 3 heteroatoms. The van der Waals surface area contributed by atoms with E-state index in [2.05, 4.69) is 0 Å². The number of hydrogen-bond acceptors (Lipinski definition) is 3. The van der Waals surface area contributed by atoms with Crippen LogP contribution in [0, 0.1) is 23.2 Å². The van der Waals surface area contributed by atoms with Crippen molar-refractivity contribution in [3.05, 3.63) is 11.6 Å². The standard InChI is InChI=1S/C15H20O3/c1-8(2)11-6-5-10(4)15(11)12(16)7-9(3)13(17)14(15)18/h7-8,10-11H,5-6H2,1-4H3. The third-order valence-electron chi connectivity index (χ3n) is 4.77. The van der Waals surface area contributed by atoms with Gasteiger partial charge in [-0.2, -0.15) is 0 Å². The Morgan fingerprint density at radius 1 is 1.22 bits per heavy atom. The minimum atomic E-state index is -1.06. The number of ketones is 3. The number of carbonyl (C=O) groups excluding carboxylic acids is 3. The van der Waals surface area contributed by atoms with Gasteiger partial charge in [-0.1, -0.05) is 20.8 Å². The number of allylic oxidation sites excluding steroid dienone is 2. The molecular weight excluding hydrogens is 228 g/mol. The van der Waals surface area contributed by atoms with E-state index in [1.54, 1.807) is 6.92 Å². The molecule has 1 saturated carbocycles. The normalized spacial score (nSPS) is 36.7. The summed E-state index contributed by atoms with van der Waals surface area (Å²) >= 11 is 0. The Kier molecular flexibility index (Phi) is 3.04. The van der Waals surface area contributed by atoms with Crippen molar-refractivity contribution in [2.75, 3.05) is 0 Å². The lowest BCUT2D eigenvalue weighted by Crippen LogP contribution is -2.53. The molecule has 2 aliphatic rings. The summed E-state index contributed by atoms with van der Waals surface area (Å²) < 4.78 is 0. The first-order chi connectivity index (χ1) is 8.33. The Bertz CT molecular complexity index is 458. The van der Waals surface area contributed by atoms with Gasteiger partial charge in [0.1, 0.15) is 5.41 Å². The minimum absolute atomic E-state index is 0.000741. The molecule has 0 heterocycles. The molecular formula is C15H20O3. The second-order valence-corrected chi connectivity index (χ2v) is 6.05. The quantitative estimate of drug-likeness (QED) is 0.528. The van der Waals surface area contributed by atoms with Crippen LogP contribution < -0.4 is 0 Å². The largest absolute Gasteiger partial charge is 0.294 e. The van der Waals surface area contributed by atoms with E-state index in [1.165, 1.54) is 6.08 Å². The molecule has 3 atom stereocenters. The molecule has 2 aliphatic carbocycles. The average Bonchev–Trinajstić information content (AvgIpc) is 2.63. The fourth-order valence-electron chi connectivity index (χ4n) is 3.79. The van der Waals surface area contributed by atoms with Gasteiger partial charge in [-0.25, -0.2) is 0 Å². The van der Waals surface area contributed by atoms with E-state index < -0.39 is 17.0 Å². The smallest absolute Gasteiger partial charge is 0.225 e. The van der Waals surface area contributed by atoms with Gasteiger partial charge in [0.25, 0.3) is 0 Å². The van der Waals surface area contributed by atoms with E-state index in [0.717, 1.165) is 12.8 Å². The third kappa shape index (κ3) is 1.46. The van der Waals surface area contributed by atoms with Crippen molar-refractivity contribution in [2.24, 2.45) is 23.2 Å². The zero-order chi connectivity index (χ0) is 13.7. The summed E-state index contributed by atoms with van der Waals surface area (Å²) in [4.78, 5) is 36.9. The van der Waals surface area contributed by atoms with Gasteiger partial charge in [-0.05, 0) is 43.6 Å². The number of carbonyl (C=O) groups is 3. The molecule has 0 N–H and O–H groups in total. The van der Waals surface area contributed by atoms with Gasteiger partial charge in [0.15, 0.2) is 5.78 Å². The van der Waals surface area contributed by atoms with Crippen LogP contribution in [0.15, 0.2) is 11.6 Å². The van der Waals surface area contributed by atoms with Crippen molar-refractivity contribution < 1.29 is 14.4 Å². The van der Waals surface area contributed by atoms with Crippen molar-refractivity contribution in [2.45, 2.75) is 40.5 Å². The van der Waals surface area contributed by atoms with Crippen molar-refractivity contribution in [1.29, 1.82) is 0 Å². The van der Waals surface area contributed by atoms with Gasteiger partial charge in [0, 0.05) is 5.57 Å². The molecule has 3 nitrogen and oxygen atoms in total. The number of hydrogen-bond donors (Lipinski definition) is 0. The van der Waals surface area contributed by atoms with Gasteiger partial charge in [0.2, 0.25) is 11.6 Å². The van der Waals surface area contributed by atoms with Crippen LogP contribution in [-0.2, 0) is 14.4 Å². The maximum atomic E-state index is 12.5.